The monoisotopic (exact) mass is 312 g/mol. The Balaban J connectivity index is 3.23. The van der Waals surface area contributed by atoms with Crippen LogP contribution in [-0.4, -0.2) is 12.1 Å². The van der Waals surface area contributed by atoms with Crippen molar-refractivity contribution in [3.8, 4) is 0 Å². The number of ether oxygens (including phenoxy) is 1. The highest BCUT2D eigenvalue weighted by molar-refractivity contribution is 5.69. The van der Waals surface area contributed by atoms with Crippen molar-refractivity contribution in [1.29, 1.82) is 0 Å². The molecule has 0 amide bonds. The molecular formula is C20H40O2. The molecule has 0 saturated carbocycles. The lowest BCUT2D eigenvalue weighted by atomic mass is 10.0. The lowest BCUT2D eigenvalue weighted by molar-refractivity contribution is -0.148. The van der Waals surface area contributed by atoms with Crippen LogP contribution < -0.4 is 0 Å². The van der Waals surface area contributed by atoms with Gasteiger partial charge in [-0.25, -0.2) is 0 Å². The topological polar surface area (TPSA) is 26.3 Å². The quantitative estimate of drug-likeness (QED) is 0.231. The van der Waals surface area contributed by atoms with Crippen molar-refractivity contribution < 1.29 is 9.53 Å². The van der Waals surface area contributed by atoms with Gasteiger partial charge in [-0.05, 0) is 26.2 Å². The molecular weight excluding hydrogens is 272 g/mol. The van der Waals surface area contributed by atoms with Gasteiger partial charge in [0.1, 0.15) is 0 Å². The van der Waals surface area contributed by atoms with Gasteiger partial charge in [0.2, 0.25) is 0 Å². The SMILES string of the molecule is CCCCCCCCCCCCCC(C)OC(=O)CCCC. The van der Waals surface area contributed by atoms with Crippen molar-refractivity contribution in [3.63, 3.8) is 0 Å². The highest BCUT2D eigenvalue weighted by Crippen LogP contribution is 2.13. The fourth-order valence-corrected chi connectivity index (χ4v) is 2.76. The van der Waals surface area contributed by atoms with E-state index in [2.05, 4.69) is 13.8 Å². The zero-order valence-corrected chi connectivity index (χ0v) is 15.5. The van der Waals surface area contributed by atoms with Gasteiger partial charge in [-0.2, -0.15) is 0 Å². The van der Waals surface area contributed by atoms with Gasteiger partial charge in [0.15, 0.2) is 0 Å². The summed E-state index contributed by atoms with van der Waals surface area (Å²) >= 11 is 0. The third-order valence-electron chi connectivity index (χ3n) is 4.28. The fraction of sp³-hybridized carbons (Fsp3) is 0.950. The highest BCUT2D eigenvalue weighted by Gasteiger charge is 2.08. The molecule has 0 aliphatic carbocycles. The molecule has 0 aliphatic heterocycles. The zero-order valence-electron chi connectivity index (χ0n) is 15.5. The molecule has 0 aromatic heterocycles. The minimum Gasteiger partial charge on any atom is -0.463 e. The smallest absolute Gasteiger partial charge is 0.306 e. The van der Waals surface area contributed by atoms with E-state index in [-0.39, 0.29) is 12.1 Å². The van der Waals surface area contributed by atoms with E-state index >= 15 is 0 Å². The first-order chi connectivity index (χ1) is 10.7. The maximum absolute atomic E-state index is 11.5. The van der Waals surface area contributed by atoms with Crippen molar-refractivity contribution in [2.45, 2.75) is 123 Å². The second-order valence-corrected chi connectivity index (χ2v) is 6.73. The molecule has 0 aliphatic rings. The van der Waals surface area contributed by atoms with E-state index in [1.807, 2.05) is 6.92 Å². The molecule has 0 fully saturated rings. The standard InChI is InChI=1S/C20H40O2/c1-4-6-8-9-10-11-12-13-14-15-16-17-19(3)22-20(21)18-7-5-2/h19H,4-18H2,1-3H3. The Labute approximate surface area is 139 Å². The van der Waals surface area contributed by atoms with Crippen molar-refractivity contribution in [3.05, 3.63) is 0 Å². The van der Waals surface area contributed by atoms with Crippen molar-refractivity contribution in [2.24, 2.45) is 0 Å². The lowest BCUT2D eigenvalue weighted by Crippen LogP contribution is -2.14. The first kappa shape index (κ1) is 21.5. The van der Waals surface area contributed by atoms with Crippen LogP contribution in [0.2, 0.25) is 0 Å². The van der Waals surface area contributed by atoms with Gasteiger partial charge in [-0.3, -0.25) is 4.79 Å². The number of unbranched alkanes of at least 4 members (excludes halogenated alkanes) is 11. The molecule has 132 valence electrons. The molecule has 0 radical (unpaired) electrons. The Kier molecular flexibility index (Phi) is 16.4. The number of rotatable bonds is 16. The average Bonchev–Trinajstić information content (AvgIpc) is 2.50. The molecule has 2 nitrogen and oxygen atoms in total. The van der Waals surface area contributed by atoms with E-state index in [1.54, 1.807) is 0 Å². The van der Waals surface area contributed by atoms with Crippen LogP contribution in [-0.2, 0) is 9.53 Å². The van der Waals surface area contributed by atoms with E-state index in [9.17, 15) is 4.79 Å². The summed E-state index contributed by atoms with van der Waals surface area (Å²) in [6.07, 6.45) is 18.7. The maximum Gasteiger partial charge on any atom is 0.306 e. The summed E-state index contributed by atoms with van der Waals surface area (Å²) in [7, 11) is 0. The largest absolute Gasteiger partial charge is 0.463 e. The molecule has 0 rings (SSSR count). The number of carbonyl (C=O) groups excluding carboxylic acids is 1. The third-order valence-corrected chi connectivity index (χ3v) is 4.28. The minimum atomic E-state index is -0.0163. The van der Waals surface area contributed by atoms with Gasteiger partial charge >= 0.3 is 5.97 Å². The molecule has 0 N–H and O–H groups in total. The number of esters is 1. The van der Waals surface area contributed by atoms with Gasteiger partial charge < -0.3 is 4.74 Å². The molecule has 1 atom stereocenters. The molecule has 0 aromatic carbocycles. The summed E-state index contributed by atoms with van der Waals surface area (Å²) in [4.78, 5) is 11.5. The molecule has 0 aromatic rings. The van der Waals surface area contributed by atoms with Crippen LogP contribution in [0, 0.1) is 0 Å². The van der Waals surface area contributed by atoms with Crippen LogP contribution in [0.5, 0.6) is 0 Å². The predicted octanol–water partition coefficient (Wildman–Crippen LogP) is 6.81. The number of carbonyl (C=O) groups is 1. The van der Waals surface area contributed by atoms with Gasteiger partial charge in [-0.15, -0.1) is 0 Å². The Hall–Kier alpha value is -0.530. The third kappa shape index (κ3) is 15.9. The molecule has 1 unspecified atom stereocenters. The summed E-state index contributed by atoms with van der Waals surface area (Å²) in [5, 5.41) is 0. The van der Waals surface area contributed by atoms with Crippen LogP contribution >= 0.6 is 0 Å². The van der Waals surface area contributed by atoms with E-state index in [1.165, 1.54) is 70.6 Å². The molecule has 2 heteroatoms. The Bertz CT molecular complexity index is 238. The highest BCUT2D eigenvalue weighted by atomic mass is 16.5. The zero-order chi connectivity index (χ0) is 16.5. The Morgan fingerprint density at radius 2 is 1.18 bits per heavy atom. The molecule has 0 bridgehead atoms. The van der Waals surface area contributed by atoms with Gasteiger partial charge in [0.25, 0.3) is 0 Å². The van der Waals surface area contributed by atoms with Crippen LogP contribution in [0.15, 0.2) is 0 Å². The molecule has 22 heavy (non-hydrogen) atoms. The lowest BCUT2D eigenvalue weighted by Gasteiger charge is -2.13. The fourth-order valence-electron chi connectivity index (χ4n) is 2.76. The van der Waals surface area contributed by atoms with Gasteiger partial charge in [-0.1, -0.05) is 84.5 Å². The van der Waals surface area contributed by atoms with Crippen molar-refractivity contribution in [2.75, 3.05) is 0 Å². The predicted molar refractivity (Wildman–Crippen MR) is 96.2 cm³/mol. The molecule has 0 heterocycles. The summed E-state index contributed by atoms with van der Waals surface area (Å²) in [5.41, 5.74) is 0. The summed E-state index contributed by atoms with van der Waals surface area (Å²) in [5.74, 6) is -0.0163. The van der Waals surface area contributed by atoms with E-state index in [0.29, 0.717) is 6.42 Å². The maximum atomic E-state index is 11.5. The summed E-state index contributed by atoms with van der Waals surface area (Å²) in [6.45, 7) is 6.40. The number of hydrogen-bond acceptors (Lipinski definition) is 2. The average molecular weight is 313 g/mol. The van der Waals surface area contributed by atoms with Gasteiger partial charge in [0, 0.05) is 6.42 Å². The Morgan fingerprint density at radius 1 is 0.727 bits per heavy atom. The van der Waals surface area contributed by atoms with E-state index in [0.717, 1.165) is 19.3 Å². The summed E-state index contributed by atoms with van der Waals surface area (Å²) < 4.78 is 5.41. The minimum absolute atomic E-state index is 0.0163. The molecule has 0 spiro atoms. The second-order valence-electron chi connectivity index (χ2n) is 6.73. The van der Waals surface area contributed by atoms with Gasteiger partial charge in [0.05, 0.1) is 6.10 Å². The van der Waals surface area contributed by atoms with E-state index < -0.39 is 0 Å². The first-order valence-electron chi connectivity index (χ1n) is 9.90. The Morgan fingerprint density at radius 3 is 1.68 bits per heavy atom. The van der Waals surface area contributed by atoms with Crippen LogP contribution in [0.3, 0.4) is 0 Å². The first-order valence-corrected chi connectivity index (χ1v) is 9.90. The second kappa shape index (κ2) is 16.8. The van der Waals surface area contributed by atoms with Crippen molar-refractivity contribution >= 4 is 5.97 Å². The summed E-state index contributed by atoms with van der Waals surface area (Å²) in [6, 6.07) is 0. The molecule has 0 saturated heterocycles. The number of hydrogen-bond donors (Lipinski definition) is 0. The van der Waals surface area contributed by atoms with Crippen molar-refractivity contribution in [1.82, 2.24) is 0 Å². The van der Waals surface area contributed by atoms with Crippen LogP contribution in [0.1, 0.15) is 117 Å². The van der Waals surface area contributed by atoms with Crippen LogP contribution in [0.4, 0.5) is 0 Å². The normalized spacial score (nSPS) is 12.3. The van der Waals surface area contributed by atoms with E-state index in [4.69, 9.17) is 4.74 Å². The van der Waals surface area contributed by atoms with Crippen LogP contribution in [0.25, 0.3) is 0 Å².